The Bertz CT molecular complexity index is 1020. The zero-order chi connectivity index (χ0) is 22.8. The molecule has 3 N–H and O–H groups in total. The smallest absolute Gasteiger partial charge is 0.343 e. The van der Waals surface area contributed by atoms with Gasteiger partial charge in [0.25, 0.3) is 0 Å². The van der Waals surface area contributed by atoms with E-state index in [1.165, 1.54) is 50.7 Å². The molecule has 0 aliphatic heterocycles. The van der Waals surface area contributed by atoms with Gasteiger partial charge in [-0.25, -0.2) is 4.79 Å². The molecule has 0 fully saturated rings. The summed E-state index contributed by atoms with van der Waals surface area (Å²) in [6.07, 6.45) is 5.32. The summed E-state index contributed by atoms with van der Waals surface area (Å²) >= 11 is 0. The lowest BCUT2D eigenvalue weighted by Gasteiger charge is -2.08. The van der Waals surface area contributed by atoms with Gasteiger partial charge in [0.15, 0.2) is 23.1 Å². The van der Waals surface area contributed by atoms with E-state index in [2.05, 4.69) is 0 Å². The van der Waals surface area contributed by atoms with Crippen LogP contribution in [-0.2, 0) is 14.3 Å². The molecule has 0 saturated heterocycles. The zero-order valence-electron chi connectivity index (χ0n) is 17.2. The van der Waals surface area contributed by atoms with Crippen LogP contribution in [0.5, 0.6) is 17.2 Å². The molecule has 0 saturated carbocycles. The second-order valence-corrected chi connectivity index (χ2v) is 6.27. The van der Waals surface area contributed by atoms with Crippen molar-refractivity contribution in [2.24, 2.45) is 5.73 Å². The van der Waals surface area contributed by atoms with Crippen LogP contribution in [0, 0.1) is 0 Å². The number of ketones is 2. The van der Waals surface area contributed by atoms with Crippen LogP contribution in [0.3, 0.4) is 0 Å². The van der Waals surface area contributed by atoms with Crippen molar-refractivity contribution in [3.63, 3.8) is 0 Å². The number of methoxy groups -OCH3 is 2. The van der Waals surface area contributed by atoms with E-state index in [4.69, 9.17) is 19.9 Å². The Labute approximate surface area is 179 Å². The lowest BCUT2D eigenvalue weighted by molar-refractivity contribution is -0.121. The molecular weight excluding hydrogens is 402 g/mol. The minimum absolute atomic E-state index is 0.00720. The molecule has 0 aliphatic carbocycles. The molecule has 0 aromatic heterocycles. The van der Waals surface area contributed by atoms with Crippen molar-refractivity contribution >= 4 is 29.7 Å². The monoisotopic (exact) mass is 425 g/mol. The molecule has 0 aliphatic rings. The SMILES string of the molecule is COc1cc(/C=C/C(=O)CC(=O)/C=C/c2ccc(C(=O)OCN)c(OC)c2)ccc1O. The van der Waals surface area contributed by atoms with Gasteiger partial charge in [0.1, 0.15) is 18.0 Å². The Kier molecular flexibility index (Phi) is 8.53. The summed E-state index contributed by atoms with van der Waals surface area (Å²) in [5.74, 6) is -0.827. The molecule has 0 amide bonds. The van der Waals surface area contributed by atoms with Crippen LogP contribution in [0.4, 0.5) is 0 Å². The summed E-state index contributed by atoms with van der Waals surface area (Å²) in [5, 5.41) is 9.58. The van der Waals surface area contributed by atoms with E-state index in [1.807, 2.05) is 0 Å². The minimum Gasteiger partial charge on any atom is -0.504 e. The summed E-state index contributed by atoms with van der Waals surface area (Å²) < 4.78 is 14.9. The predicted molar refractivity (Wildman–Crippen MR) is 115 cm³/mol. The average Bonchev–Trinajstić information content (AvgIpc) is 2.77. The second-order valence-electron chi connectivity index (χ2n) is 6.27. The fourth-order valence-electron chi connectivity index (χ4n) is 2.60. The third-order valence-corrected chi connectivity index (χ3v) is 4.14. The number of benzene rings is 2. The van der Waals surface area contributed by atoms with Gasteiger partial charge in [-0.15, -0.1) is 0 Å². The first kappa shape index (κ1) is 23.4. The number of esters is 1. The molecule has 31 heavy (non-hydrogen) atoms. The number of phenolic OH excluding ortho intramolecular Hbond substituents is 1. The van der Waals surface area contributed by atoms with Gasteiger partial charge >= 0.3 is 5.97 Å². The summed E-state index contributed by atoms with van der Waals surface area (Å²) in [6.45, 7) is -0.249. The molecule has 0 heterocycles. The van der Waals surface area contributed by atoms with Crippen LogP contribution in [0.15, 0.2) is 48.6 Å². The number of carbonyl (C=O) groups is 3. The van der Waals surface area contributed by atoms with Gasteiger partial charge in [0.2, 0.25) is 0 Å². The molecule has 0 atom stereocenters. The van der Waals surface area contributed by atoms with Gasteiger partial charge in [-0.2, -0.15) is 0 Å². The third-order valence-electron chi connectivity index (χ3n) is 4.14. The number of hydrogen-bond acceptors (Lipinski definition) is 8. The van der Waals surface area contributed by atoms with Crippen LogP contribution in [-0.4, -0.2) is 43.6 Å². The number of rotatable bonds is 10. The molecule has 0 spiro atoms. The Hall–Kier alpha value is -3.91. The zero-order valence-corrected chi connectivity index (χ0v) is 17.2. The highest BCUT2D eigenvalue weighted by Crippen LogP contribution is 2.26. The van der Waals surface area contributed by atoms with Crippen molar-refractivity contribution in [1.82, 2.24) is 0 Å². The van der Waals surface area contributed by atoms with Gasteiger partial charge in [0, 0.05) is 0 Å². The van der Waals surface area contributed by atoms with Crippen molar-refractivity contribution in [2.75, 3.05) is 21.0 Å². The number of carbonyl (C=O) groups excluding carboxylic acids is 3. The lowest BCUT2D eigenvalue weighted by Crippen LogP contribution is -2.13. The van der Waals surface area contributed by atoms with Crippen LogP contribution < -0.4 is 15.2 Å². The molecule has 8 nitrogen and oxygen atoms in total. The molecular formula is C23H23NO7. The van der Waals surface area contributed by atoms with E-state index >= 15 is 0 Å². The maximum absolute atomic E-state index is 12.1. The molecule has 0 unspecified atom stereocenters. The predicted octanol–water partition coefficient (Wildman–Crippen LogP) is 2.74. The fourth-order valence-corrected chi connectivity index (χ4v) is 2.60. The van der Waals surface area contributed by atoms with Gasteiger partial charge in [0.05, 0.1) is 20.6 Å². The number of nitrogens with two attached hydrogens (primary N) is 1. The summed E-state index contributed by atoms with van der Waals surface area (Å²) in [6, 6.07) is 9.31. The first-order valence-corrected chi connectivity index (χ1v) is 9.22. The van der Waals surface area contributed by atoms with Gasteiger partial charge in [-0.05, 0) is 47.5 Å². The number of aromatic hydroxyl groups is 1. The second kappa shape index (κ2) is 11.3. The average molecular weight is 425 g/mol. The van der Waals surface area contributed by atoms with Crippen LogP contribution in [0.2, 0.25) is 0 Å². The molecule has 0 radical (unpaired) electrons. The maximum Gasteiger partial charge on any atom is 0.343 e. The van der Waals surface area contributed by atoms with Gasteiger partial charge in [-0.1, -0.05) is 24.3 Å². The van der Waals surface area contributed by atoms with Crippen molar-refractivity contribution < 1.29 is 33.7 Å². The standard InChI is InChI=1S/C23H23NO7/c1-29-21-11-15(5-9-19(21)23(28)31-14-24)3-7-17(25)13-18(26)8-4-16-6-10-20(27)22(12-16)30-2/h3-12,27H,13-14,24H2,1-2H3/b7-3+,8-4+. The van der Waals surface area contributed by atoms with Crippen molar-refractivity contribution in [1.29, 1.82) is 0 Å². The molecule has 0 bridgehead atoms. The number of hydrogen-bond donors (Lipinski definition) is 2. The van der Waals surface area contributed by atoms with E-state index in [0.29, 0.717) is 11.1 Å². The van der Waals surface area contributed by atoms with E-state index in [9.17, 15) is 19.5 Å². The fraction of sp³-hybridized carbons (Fsp3) is 0.174. The largest absolute Gasteiger partial charge is 0.504 e. The van der Waals surface area contributed by atoms with E-state index in [-0.39, 0.29) is 47.5 Å². The van der Waals surface area contributed by atoms with Crippen molar-refractivity contribution in [3.8, 4) is 17.2 Å². The van der Waals surface area contributed by atoms with Crippen LogP contribution in [0.1, 0.15) is 27.9 Å². The number of allylic oxidation sites excluding steroid dienone is 2. The van der Waals surface area contributed by atoms with Crippen LogP contribution >= 0.6 is 0 Å². The van der Waals surface area contributed by atoms with Crippen LogP contribution in [0.25, 0.3) is 12.2 Å². The Balaban J connectivity index is 2.00. The lowest BCUT2D eigenvalue weighted by atomic mass is 10.1. The number of ether oxygens (including phenoxy) is 3. The topological polar surface area (TPSA) is 125 Å². The molecule has 2 aromatic rings. The Morgan fingerprint density at radius 3 is 2.00 bits per heavy atom. The highest BCUT2D eigenvalue weighted by atomic mass is 16.5. The van der Waals surface area contributed by atoms with E-state index in [1.54, 1.807) is 24.3 Å². The summed E-state index contributed by atoms with van der Waals surface area (Å²) in [4.78, 5) is 35.9. The van der Waals surface area contributed by atoms with Gasteiger partial charge < -0.3 is 19.3 Å². The Morgan fingerprint density at radius 2 is 1.45 bits per heavy atom. The Morgan fingerprint density at radius 1 is 0.903 bits per heavy atom. The van der Waals surface area contributed by atoms with E-state index < -0.39 is 5.97 Å². The quantitative estimate of drug-likeness (QED) is 0.258. The minimum atomic E-state index is -0.616. The molecule has 2 rings (SSSR count). The molecule has 2 aromatic carbocycles. The maximum atomic E-state index is 12.1. The highest BCUT2D eigenvalue weighted by molar-refractivity contribution is 6.11. The summed E-state index contributed by atoms with van der Waals surface area (Å²) in [5.41, 5.74) is 6.66. The molecule has 8 heteroatoms. The molecule has 162 valence electrons. The van der Waals surface area contributed by atoms with Crippen molar-refractivity contribution in [2.45, 2.75) is 6.42 Å². The van der Waals surface area contributed by atoms with Crippen molar-refractivity contribution in [3.05, 3.63) is 65.2 Å². The highest BCUT2D eigenvalue weighted by Gasteiger charge is 2.13. The van der Waals surface area contributed by atoms with E-state index in [0.717, 1.165) is 0 Å². The first-order valence-electron chi connectivity index (χ1n) is 9.22. The van der Waals surface area contributed by atoms with Gasteiger partial charge in [-0.3, -0.25) is 15.3 Å². The normalized spacial score (nSPS) is 10.9. The summed E-state index contributed by atoms with van der Waals surface area (Å²) in [7, 11) is 2.83. The first-order chi connectivity index (χ1) is 14.9. The third kappa shape index (κ3) is 6.83. The number of phenols is 1.